The van der Waals surface area contributed by atoms with Crippen molar-refractivity contribution in [2.45, 2.75) is 26.7 Å². The highest BCUT2D eigenvalue weighted by atomic mass is 16.5. The van der Waals surface area contributed by atoms with Crippen LogP contribution >= 0.6 is 0 Å². The Kier molecular flexibility index (Phi) is 4.11. The third kappa shape index (κ3) is 2.76. The van der Waals surface area contributed by atoms with Gasteiger partial charge in [-0.15, -0.1) is 0 Å². The number of hydrogen-bond donors (Lipinski definition) is 0. The predicted octanol–water partition coefficient (Wildman–Crippen LogP) is 3.55. The zero-order valence-electron chi connectivity index (χ0n) is 11.0. The topological polar surface area (TPSA) is 26.3 Å². The molecule has 0 saturated carbocycles. The van der Waals surface area contributed by atoms with Gasteiger partial charge in [-0.1, -0.05) is 42.5 Å². The summed E-state index contributed by atoms with van der Waals surface area (Å²) >= 11 is 0. The molecule has 1 aromatic rings. The van der Waals surface area contributed by atoms with E-state index in [9.17, 15) is 4.79 Å². The van der Waals surface area contributed by atoms with Crippen molar-refractivity contribution in [3.63, 3.8) is 0 Å². The zero-order chi connectivity index (χ0) is 13.1. The number of carbonyl (C=O) groups is 1. The first kappa shape index (κ1) is 13.5. The van der Waals surface area contributed by atoms with E-state index in [2.05, 4.69) is 6.58 Å². The van der Waals surface area contributed by atoms with Gasteiger partial charge in [0.15, 0.2) is 0 Å². The molecular weight excluding hydrogens is 212 g/mol. The quantitative estimate of drug-likeness (QED) is 0.586. The molecule has 0 spiro atoms. The van der Waals surface area contributed by atoms with Crippen LogP contribution < -0.4 is 0 Å². The Bertz CT molecular complexity index is 404. The lowest BCUT2D eigenvalue weighted by Gasteiger charge is -2.32. The Morgan fingerprint density at radius 1 is 1.29 bits per heavy atom. The van der Waals surface area contributed by atoms with E-state index in [-0.39, 0.29) is 11.9 Å². The van der Waals surface area contributed by atoms with Crippen LogP contribution in [0, 0.1) is 5.41 Å². The number of allylic oxidation sites excluding steroid dienone is 1. The fourth-order valence-corrected chi connectivity index (χ4v) is 2.34. The van der Waals surface area contributed by atoms with E-state index in [1.807, 2.05) is 51.1 Å². The average molecular weight is 232 g/mol. The molecule has 1 rings (SSSR count). The highest BCUT2D eigenvalue weighted by Crippen LogP contribution is 2.40. The molecule has 1 aromatic carbocycles. The van der Waals surface area contributed by atoms with Crippen LogP contribution in [0.1, 0.15) is 32.3 Å². The van der Waals surface area contributed by atoms with Crippen LogP contribution in [-0.4, -0.2) is 13.1 Å². The molecule has 0 saturated heterocycles. The number of hydrogen-bond acceptors (Lipinski definition) is 2. The Balaban J connectivity index is 3.19. The Morgan fingerprint density at radius 2 is 1.82 bits per heavy atom. The van der Waals surface area contributed by atoms with Gasteiger partial charge in [0, 0.05) is 5.92 Å². The van der Waals surface area contributed by atoms with E-state index in [1.54, 1.807) is 0 Å². The van der Waals surface area contributed by atoms with Crippen molar-refractivity contribution in [3.8, 4) is 0 Å². The predicted molar refractivity (Wildman–Crippen MR) is 69.8 cm³/mol. The Hall–Kier alpha value is -1.57. The molecule has 0 aliphatic carbocycles. The minimum atomic E-state index is -0.609. The zero-order valence-corrected chi connectivity index (χ0v) is 11.0. The molecule has 0 heterocycles. The molecule has 0 bridgehead atoms. The lowest BCUT2D eigenvalue weighted by molar-refractivity contribution is -0.151. The largest absolute Gasteiger partial charge is 0.469 e. The van der Waals surface area contributed by atoms with Crippen LogP contribution in [0.4, 0.5) is 0 Å². The molecule has 0 aliphatic rings. The van der Waals surface area contributed by atoms with Crippen molar-refractivity contribution in [1.29, 1.82) is 0 Å². The summed E-state index contributed by atoms with van der Waals surface area (Å²) in [6, 6.07) is 9.94. The fraction of sp³-hybridized carbons (Fsp3) is 0.400. The van der Waals surface area contributed by atoms with E-state index >= 15 is 0 Å². The molecule has 0 amide bonds. The second kappa shape index (κ2) is 5.17. The van der Waals surface area contributed by atoms with Gasteiger partial charge in [-0.2, -0.15) is 0 Å². The average Bonchev–Trinajstić information content (AvgIpc) is 2.28. The monoisotopic (exact) mass is 232 g/mol. The highest BCUT2D eigenvalue weighted by Gasteiger charge is 2.39. The number of rotatable bonds is 4. The standard InChI is InChI=1S/C15H20O2/c1-11(2)13(12-9-7-6-8-10-12)15(3,4)14(16)17-5/h6-10,13H,1H2,2-5H3. The SMILES string of the molecule is C=C(C)C(c1ccccc1)C(C)(C)C(=O)OC. The van der Waals surface area contributed by atoms with Crippen LogP contribution in [0.2, 0.25) is 0 Å². The van der Waals surface area contributed by atoms with Crippen LogP contribution in [0.15, 0.2) is 42.5 Å². The molecule has 92 valence electrons. The maximum Gasteiger partial charge on any atom is 0.312 e. The first-order valence-electron chi connectivity index (χ1n) is 5.70. The van der Waals surface area contributed by atoms with E-state index in [0.717, 1.165) is 11.1 Å². The van der Waals surface area contributed by atoms with Crippen molar-refractivity contribution >= 4 is 5.97 Å². The third-order valence-corrected chi connectivity index (χ3v) is 3.06. The lowest BCUT2D eigenvalue weighted by atomic mass is 9.71. The normalized spacial score (nSPS) is 12.9. The molecule has 17 heavy (non-hydrogen) atoms. The molecule has 2 heteroatoms. The summed E-state index contributed by atoms with van der Waals surface area (Å²) in [5.74, 6) is -0.245. The first-order chi connectivity index (χ1) is 7.91. The van der Waals surface area contributed by atoms with Gasteiger partial charge in [0.1, 0.15) is 0 Å². The van der Waals surface area contributed by atoms with Crippen LogP contribution in [0.3, 0.4) is 0 Å². The maximum atomic E-state index is 11.9. The van der Waals surface area contributed by atoms with E-state index < -0.39 is 5.41 Å². The summed E-state index contributed by atoms with van der Waals surface area (Å²) in [6.45, 7) is 9.74. The van der Waals surface area contributed by atoms with E-state index in [0.29, 0.717) is 0 Å². The number of ether oxygens (including phenoxy) is 1. The van der Waals surface area contributed by atoms with Gasteiger partial charge in [0.05, 0.1) is 12.5 Å². The molecule has 0 aliphatic heterocycles. The van der Waals surface area contributed by atoms with Gasteiger partial charge in [0.2, 0.25) is 0 Å². The summed E-state index contributed by atoms with van der Waals surface area (Å²) in [5.41, 5.74) is 1.45. The third-order valence-electron chi connectivity index (χ3n) is 3.06. The van der Waals surface area contributed by atoms with E-state index in [4.69, 9.17) is 4.74 Å². The minimum Gasteiger partial charge on any atom is -0.469 e. The summed E-state index contributed by atoms with van der Waals surface area (Å²) in [7, 11) is 1.42. The van der Waals surface area contributed by atoms with Crippen molar-refractivity contribution in [3.05, 3.63) is 48.0 Å². The van der Waals surface area contributed by atoms with Gasteiger partial charge in [-0.3, -0.25) is 4.79 Å². The number of benzene rings is 1. The highest BCUT2D eigenvalue weighted by molar-refractivity contribution is 5.78. The molecule has 1 atom stereocenters. The van der Waals surface area contributed by atoms with Gasteiger partial charge in [0.25, 0.3) is 0 Å². The fourth-order valence-electron chi connectivity index (χ4n) is 2.34. The molecule has 0 N–H and O–H groups in total. The molecular formula is C15H20O2. The summed E-state index contributed by atoms with van der Waals surface area (Å²) in [4.78, 5) is 11.9. The molecule has 1 unspecified atom stereocenters. The van der Waals surface area contributed by atoms with Crippen molar-refractivity contribution in [2.24, 2.45) is 5.41 Å². The Labute approximate surface area is 103 Å². The number of esters is 1. The van der Waals surface area contributed by atoms with Crippen LogP contribution in [-0.2, 0) is 9.53 Å². The molecule has 0 fully saturated rings. The maximum absolute atomic E-state index is 11.9. The van der Waals surface area contributed by atoms with Crippen LogP contribution in [0.25, 0.3) is 0 Å². The molecule has 0 aromatic heterocycles. The van der Waals surface area contributed by atoms with Crippen LogP contribution in [0.5, 0.6) is 0 Å². The first-order valence-corrected chi connectivity index (χ1v) is 5.70. The minimum absolute atomic E-state index is 0.0313. The van der Waals surface area contributed by atoms with Crippen molar-refractivity contribution < 1.29 is 9.53 Å². The van der Waals surface area contributed by atoms with Gasteiger partial charge in [-0.25, -0.2) is 0 Å². The van der Waals surface area contributed by atoms with Crippen molar-refractivity contribution in [2.75, 3.05) is 7.11 Å². The summed E-state index contributed by atoms with van der Waals surface area (Å²) in [6.07, 6.45) is 0. The van der Waals surface area contributed by atoms with Crippen molar-refractivity contribution in [1.82, 2.24) is 0 Å². The van der Waals surface area contributed by atoms with Gasteiger partial charge >= 0.3 is 5.97 Å². The lowest BCUT2D eigenvalue weighted by Crippen LogP contribution is -2.33. The Morgan fingerprint density at radius 3 is 2.24 bits per heavy atom. The second-order valence-corrected chi connectivity index (χ2v) is 4.90. The smallest absolute Gasteiger partial charge is 0.312 e. The van der Waals surface area contributed by atoms with Gasteiger partial charge in [-0.05, 0) is 26.3 Å². The summed E-state index contributed by atoms with van der Waals surface area (Å²) in [5, 5.41) is 0. The second-order valence-electron chi connectivity index (χ2n) is 4.90. The molecule has 2 nitrogen and oxygen atoms in total. The summed E-state index contributed by atoms with van der Waals surface area (Å²) < 4.78 is 4.89. The number of methoxy groups -OCH3 is 1. The number of carbonyl (C=O) groups excluding carboxylic acids is 1. The molecule has 0 radical (unpaired) electrons. The van der Waals surface area contributed by atoms with E-state index in [1.165, 1.54) is 7.11 Å². The van der Waals surface area contributed by atoms with Gasteiger partial charge < -0.3 is 4.74 Å².